The molecule has 3 rings (SSSR count). The lowest BCUT2D eigenvalue weighted by Gasteiger charge is -2.24. The van der Waals surface area contributed by atoms with E-state index in [0.29, 0.717) is 5.92 Å². The summed E-state index contributed by atoms with van der Waals surface area (Å²) in [6, 6.07) is 11.7. The zero-order valence-corrected chi connectivity index (χ0v) is 10.9. The van der Waals surface area contributed by atoms with Gasteiger partial charge in [0.05, 0.1) is 0 Å². The Kier molecular flexibility index (Phi) is 3.14. The van der Waals surface area contributed by atoms with E-state index in [1.807, 2.05) is 18.2 Å². The third kappa shape index (κ3) is 2.25. The van der Waals surface area contributed by atoms with Crippen molar-refractivity contribution in [2.24, 2.45) is 0 Å². The molecule has 0 bridgehead atoms. The Morgan fingerprint density at radius 1 is 1.25 bits per heavy atom. The minimum atomic E-state index is -1.17. The molecule has 4 nitrogen and oxygen atoms in total. The van der Waals surface area contributed by atoms with Crippen molar-refractivity contribution in [2.45, 2.75) is 25.2 Å². The third-order valence-corrected chi connectivity index (χ3v) is 3.93. The Morgan fingerprint density at radius 3 is 2.70 bits per heavy atom. The first-order chi connectivity index (χ1) is 9.65. The van der Waals surface area contributed by atoms with Gasteiger partial charge in [0.25, 0.3) is 5.56 Å². The monoisotopic (exact) mass is 269 g/mol. The molecule has 4 heteroatoms. The molecule has 102 valence electrons. The number of pyridine rings is 1. The van der Waals surface area contributed by atoms with E-state index in [9.17, 15) is 9.59 Å². The summed E-state index contributed by atoms with van der Waals surface area (Å²) in [7, 11) is 0. The van der Waals surface area contributed by atoms with Gasteiger partial charge < -0.3 is 10.1 Å². The molecule has 1 heterocycles. The molecule has 1 aromatic heterocycles. The zero-order chi connectivity index (χ0) is 14.1. The number of carbonyl (C=O) groups is 1. The second-order valence-electron chi connectivity index (χ2n) is 5.17. The van der Waals surface area contributed by atoms with Crippen molar-refractivity contribution in [3.05, 3.63) is 69.1 Å². The van der Waals surface area contributed by atoms with Gasteiger partial charge in [-0.1, -0.05) is 30.3 Å². The van der Waals surface area contributed by atoms with Crippen LogP contribution >= 0.6 is 0 Å². The second kappa shape index (κ2) is 4.96. The molecule has 0 saturated heterocycles. The van der Waals surface area contributed by atoms with Crippen LogP contribution < -0.4 is 5.56 Å². The van der Waals surface area contributed by atoms with Gasteiger partial charge in [-0.15, -0.1) is 0 Å². The van der Waals surface area contributed by atoms with Crippen molar-refractivity contribution in [3.63, 3.8) is 0 Å². The average Bonchev–Trinajstić information content (AvgIpc) is 2.47. The Hall–Kier alpha value is -2.36. The molecule has 2 N–H and O–H groups in total. The van der Waals surface area contributed by atoms with Gasteiger partial charge in [-0.2, -0.15) is 0 Å². The van der Waals surface area contributed by atoms with Crippen molar-refractivity contribution in [1.29, 1.82) is 0 Å². The lowest BCUT2D eigenvalue weighted by atomic mass is 9.82. The van der Waals surface area contributed by atoms with Crippen molar-refractivity contribution in [2.75, 3.05) is 0 Å². The Bertz CT molecular complexity index is 703. The zero-order valence-electron chi connectivity index (χ0n) is 10.9. The molecular weight excluding hydrogens is 254 g/mol. The minimum absolute atomic E-state index is 0.169. The Labute approximate surface area is 116 Å². The van der Waals surface area contributed by atoms with Crippen LogP contribution in [0.15, 0.2) is 41.2 Å². The average molecular weight is 269 g/mol. The normalized spacial score (nSPS) is 17.5. The number of aromatic amines is 1. The largest absolute Gasteiger partial charge is 0.477 e. The number of carboxylic acid groups (broad SMARTS) is 1. The van der Waals surface area contributed by atoms with E-state index in [-0.39, 0.29) is 5.56 Å². The number of aryl methyl sites for hydroxylation is 1. The highest BCUT2D eigenvalue weighted by atomic mass is 16.4. The summed E-state index contributed by atoms with van der Waals surface area (Å²) in [6.45, 7) is 0. The van der Waals surface area contributed by atoms with Crippen LogP contribution in [0.25, 0.3) is 0 Å². The molecule has 0 fully saturated rings. The fourth-order valence-electron chi connectivity index (χ4n) is 2.87. The van der Waals surface area contributed by atoms with Crippen LogP contribution in [0.1, 0.15) is 39.5 Å². The van der Waals surface area contributed by atoms with Crippen LogP contribution in [0.4, 0.5) is 0 Å². The smallest absolute Gasteiger partial charge is 0.341 e. The molecule has 0 amide bonds. The molecule has 1 aliphatic carbocycles. The third-order valence-electron chi connectivity index (χ3n) is 3.93. The molecule has 0 saturated carbocycles. The maximum Gasteiger partial charge on any atom is 0.341 e. The van der Waals surface area contributed by atoms with Crippen LogP contribution in [0.2, 0.25) is 0 Å². The minimum Gasteiger partial charge on any atom is -0.477 e. The van der Waals surface area contributed by atoms with E-state index in [1.54, 1.807) is 0 Å². The summed E-state index contributed by atoms with van der Waals surface area (Å²) < 4.78 is 0. The van der Waals surface area contributed by atoms with E-state index in [1.165, 1.54) is 11.6 Å². The van der Waals surface area contributed by atoms with Gasteiger partial charge in [0.2, 0.25) is 0 Å². The number of benzene rings is 1. The lowest BCUT2D eigenvalue weighted by Crippen LogP contribution is -2.24. The number of carboxylic acids is 1. The van der Waals surface area contributed by atoms with Crippen LogP contribution in [-0.4, -0.2) is 16.1 Å². The molecular formula is C16H15NO3. The molecule has 1 unspecified atom stereocenters. The fraction of sp³-hybridized carbons (Fsp3) is 0.250. The predicted octanol–water partition coefficient (Wildman–Crippen LogP) is 2.35. The summed E-state index contributed by atoms with van der Waals surface area (Å²) in [5, 5.41) is 9.03. The van der Waals surface area contributed by atoms with Crippen LogP contribution in [0.3, 0.4) is 0 Å². The van der Waals surface area contributed by atoms with Crippen molar-refractivity contribution < 1.29 is 9.90 Å². The topological polar surface area (TPSA) is 70.2 Å². The van der Waals surface area contributed by atoms with Crippen LogP contribution in [0, 0.1) is 0 Å². The van der Waals surface area contributed by atoms with Gasteiger partial charge in [0.1, 0.15) is 5.56 Å². The Balaban J connectivity index is 1.97. The molecule has 1 aliphatic rings. The summed E-state index contributed by atoms with van der Waals surface area (Å²) in [4.78, 5) is 25.4. The predicted molar refractivity (Wildman–Crippen MR) is 75.2 cm³/mol. The maximum atomic E-state index is 11.6. The Morgan fingerprint density at radius 2 is 2.00 bits per heavy atom. The van der Waals surface area contributed by atoms with E-state index in [0.717, 1.165) is 30.5 Å². The van der Waals surface area contributed by atoms with Gasteiger partial charge in [0.15, 0.2) is 0 Å². The highest BCUT2D eigenvalue weighted by molar-refractivity contribution is 5.87. The summed E-state index contributed by atoms with van der Waals surface area (Å²) in [6.07, 6.45) is 2.53. The van der Waals surface area contributed by atoms with Gasteiger partial charge >= 0.3 is 5.97 Å². The summed E-state index contributed by atoms with van der Waals surface area (Å²) in [5.74, 6) is -0.785. The SMILES string of the molecule is O=C(O)c1cc2c([nH]c1=O)CCC(c1ccccc1)C2. The number of hydrogen-bond acceptors (Lipinski definition) is 2. The van der Waals surface area contributed by atoms with Crippen molar-refractivity contribution in [1.82, 2.24) is 4.98 Å². The standard InChI is InChI=1S/C16H15NO3/c18-15-13(16(19)20)9-12-8-11(6-7-14(12)17-15)10-4-2-1-3-5-10/h1-5,9,11H,6-8H2,(H,17,18)(H,19,20). The molecule has 1 aromatic carbocycles. The number of aromatic carboxylic acids is 1. The summed E-state index contributed by atoms with van der Waals surface area (Å²) >= 11 is 0. The molecule has 0 aliphatic heterocycles. The summed E-state index contributed by atoms with van der Waals surface area (Å²) in [5.41, 5.74) is 2.42. The fourth-order valence-corrected chi connectivity index (χ4v) is 2.87. The second-order valence-corrected chi connectivity index (χ2v) is 5.17. The number of nitrogens with one attached hydrogen (secondary N) is 1. The molecule has 0 radical (unpaired) electrons. The highest BCUT2D eigenvalue weighted by Crippen LogP contribution is 2.31. The first-order valence-corrected chi connectivity index (χ1v) is 6.68. The number of H-pyrrole nitrogens is 1. The molecule has 1 atom stereocenters. The molecule has 20 heavy (non-hydrogen) atoms. The van der Waals surface area contributed by atoms with Crippen LogP contribution in [0.5, 0.6) is 0 Å². The molecule has 2 aromatic rings. The van der Waals surface area contributed by atoms with Gasteiger partial charge in [-0.25, -0.2) is 4.79 Å². The number of hydrogen-bond donors (Lipinski definition) is 2. The maximum absolute atomic E-state index is 11.6. The van der Waals surface area contributed by atoms with Gasteiger partial charge in [-0.05, 0) is 42.4 Å². The number of aromatic nitrogens is 1. The first kappa shape index (κ1) is 12.7. The quantitative estimate of drug-likeness (QED) is 0.879. The number of fused-ring (bicyclic) bond motifs is 1. The van der Waals surface area contributed by atoms with Crippen molar-refractivity contribution in [3.8, 4) is 0 Å². The van der Waals surface area contributed by atoms with Gasteiger partial charge in [0, 0.05) is 5.69 Å². The van der Waals surface area contributed by atoms with E-state index >= 15 is 0 Å². The molecule has 0 spiro atoms. The van der Waals surface area contributed by atoms with Crippen LogP contribution in [-0.2, 0) is 12.8 Å². The van der Waals surface area contributed by atoms with Gasteiger partial charge in [-0.3, -0.25) is 4.79 Å². The van der Waals surface area contributed by atoms with E-state index < -0.39 is 11.5 Å². The highest BCUT2D eigenvalue weighted by Gasteiger charge is 2.23. The van der Waals surface area contributed by atoms with E-state index in [2.05, 4.69) is 17.1 Å². The lowest BCUT2D eigenvalue weighted by molar-refractivity contribution is 0.0694. The van der Waals surface area contributed by atoms with E-state index in [4.69, 9.17) is 5.11 Å². The first-order valence-electron chi connectivity index (χ1n) is 6.68. The number of rotatable bonds is 2. The van der Waals surface area contributed by atoms with Crippen molar-refractivity contribution >= 4 is 5.97 Å².